The van der Waals surface area contributed by atoms with Crippen molar-refractivity contribution < 1.29 is 0 Å². The molecule has 0 spiro atoms. The van der Waals surface area contributed by atoms with Gasteiger partial charge in [-0.3, -0.25) is 4.98 Å². The average molecular weight is 256 g/mol. The topological polar surface area (TPSA) is 24.9 Å². The van der Waals surface area contributed by atoms with Gasteiger partial charge in [-0.05, 0) is 31.5 Å². The van der Waals surface area contributed by atoms with E-state index in [4.69, 9.17) is 4.98 Å². The number of para-hydroxylation sites is 1. The lowest BCUT2D eigenvalue weighted by atomic mass is 9.95. The third-order valence-corrected chi connectivity index (χ3v) is 3.74. The van der Waals surface area contributed by atoms with Crippen molar-refractivity contribution in [2.24, 2.45) is 5.92 Å². The zero-order valence-electron chi connectivity index (χ0n) is 12.2. The predicted octanol–water partition coefficient (Wildman–Crippen LogP) is 4.32. The second-order valence-electron chi connectivity index (χ2n) is 5.40. The molecule has 2 atom stereocenters. The number of pyridine rings is 1. The molecule has 2 heteroatoms. The highest BCUT2D eigenvalue weighted by Gasteiger charge is 2.14. The lowest BCUT2D eigenvalue weighted by molar-refractivity contribution is 0.402. The summed E-state index contributed by atoms with van der Waals surface area (Å²) in [5.41, 5.74) is 2.24. The smallest absolute Gasteiger partial charge is 0.0706 e. The summed E-state index contributed by atoms with van der Waals surface area (Å²) in [5.74, 6) is 0.732. The second kappa shape index (κ2) is 6.67. The van der Waals surface area contributed by atoms with Crippen LogP contribution in [0.1, 0.15) is 44.8 Å². The van der Waals surface area contributed by atoms with Crippen LogP contribution < -0.4 is 5.32 Å². The summed E-state index contributed by atoms with van der Waals surface area (Å²) < 4.78 is 0. The van der Waals surface area contributed by atoms with Gasteiger partial charge in [-0.25, -0.2) is 0 Å². The maximum absolute atomic E-state index is 4.80. The molecule has 0 amide bonds. The third-order valence-electron chi connectivity index (χ3n) is 3.74. The van der Waals surface area contributed by atoms with Crippen LogP contribution in [0, 0.1) is 5.92 Å². The Morgan fingerprint density at radius 2 is 1.95 bits per heavy atom. The van der Waals surface area contributed by atoms with Crippen LogP contribution in [0.2, 0.25) is 0 Å². The maximum Gasteiger partial charge on any atom is 0.0706 e. The van der Waals surface area contributed by atoms with Gasteiger partial charge in [0.25, 0.3) is 0 Å². The lowest BCUT2D eigenvalue weighted by Gasteiger charge is -2.20. The number of benzene rings is 1. The van der Waals surface area contributed by atoms with Crippen LogP contribution in [0.25, 0.3) is 10.9 Å². The van der Waals surface area contributed by atoms with Gasteiger partial charge in [-0.2, -0.15) is 0 Å². The van der Waals surface area contributed by atoms with Crippen molar-refractivity contribution in [2.75, 3.05) is 7.05 Å². The first-order valence-corrected chi connectivity index (χ1v) is 7.27. The van der Waals surface area contributed by atoms with E-state index in [1.807, 2.05) is 13.1 Å². The van der Waals surface area contributed by atoms with Crippen molar-refractivity contribution in [1.82, 2.24) is 10.3 Å². The van der Waals surface area contributed by atoms with Crippen LogP contribution in [0.15, 0.2) is 36.4 Å². The Hall–Kier alpha value is -1.41. The zero-order valence-corrected chi connectivity index (χ0v) is 12.2. The molecule has 1 N–H and O–H groups in total. The van der Waals surface area contributed by atoms with E-state index in [-0.39, 0.29) is 0 Å². The summed E-state index contributed by atoms with van der Waals surface area (Å²) in [4.78, 5) is 4.80. The van der Waals surface area contributed by atoms with E-state index in [2.05, 4.69) is 49.5 Å². The minimum absolute atomic E-state index is 0.353. The molecule has 2 rings (SSSR count). The Morgan fingerprint density at radius 3 is 2.68 bits per heavy atom. The summed E-state index contributed by atoms with van der Waals surface area (Å²) in [6.45, 7) is 4.58. The van der Waals surface area contributed by atoms with E-state index in [0.717, 1.165) is 23.5 Å². The molecule has 2 aromatic rings. The van der Waals surface area contributed by atoms with Crippen molar-refractivity contribution in [2.45, 2.75) is 39.2 Å². The number of hydrogen-bond donors (Lipinski definition) is 1. The first-order chi connectivity index (χ1) is 9.24. The first-order valence-electron chi connectivity index (χ1n) is 7.27. The second-order valence-corrected chi connectivity index (χ2v) is 5.40. The summed E-state index contributed by atoms with van der Waals surface area (Å²) in [7, 11) is 2.03. The Morgan fingerprint density at radius 1 is 1.16 bits per heavy atom. The molecule has 0 fully saturated rings. The third kappa shape index (κ3) is 3.54. The van der Waals surface area contributed by atoms with E-state index >= 15 is 0 Å². The molecule has 0 aliphatic rings. The minimum Gasteiger partial charge on any atom is -0.312 e. The van der Waals surface area contributed by atoms with Gasteiger partial charge in [0.15, 0.2) is 0 Å². The van der Waals surface area contributed by atoms with Crippen LogP contribution in [-0.2, 0) is 0 Å². The van der Waals surface area contributed by atoms with Crippen molar-refractivity contribution in [3.05, 3.63) is 42.1 Å². The van der Waals surface area contributed by atoms with Gasteiger partial charge in [0.2, 0.25) is 0 Å². The monoisotopic (exact) mass is 256 g/mol. The van der Waals surface area contributed by atoms with E-state index in [1.54, 1.807) is 0 Å². The highest BCUT2D eigenvalue weighted by Crippen LogP contribution is 2.24. The van der Waals surface area contributed by atoms with Crippen LogP contribution in [0.5, 0.6) is 0 Å². The van der Waals surface area contributed by atoms with Gasteiger partial charge in [0.05, 0.1) is 11.2 Å². The number of hydrogen-bond acceptors (Lipinski definition) is 2. The molecule has 0 saturated carbocycles. The molecule has 0 radical (unpaired) electrons. The molecule has 0 aliphatic carbocycles. The number of nitrogens with zero attached hydrogens (tertiary/aromatic N) is 1. The summed E-state index contributed by atoms with van der Waals surface area (Å²) in [5, 5.41) is 4.62. The van der Waals surface area contributed by atoms with E-state index in [9.17, 15) is 0 Å². The minimum atomic E-state index is 0.353. The molecule has 102 valence electrons. The zero-order chi connectivity index (χ0) is 13.7. The van der Waals surface area contributed by atoms with Gasteiger partial charge < -0.3 is 5.32 Å². The van der Waals surface area contributed by atoms with Crippen molar-refractivity contribution in [1.29, 1.82) is 0 Å². The van der Waals surface area contributed by atoms with E-state index < -0.39 is 0 Å². The fraction of sp³-hybridized carbons (Fsp3) is 0.471. The van der Waals surface area contributed by atoms with Crippen LogP contribution in [0.3, 0.4) is 0 Å². The molecular weight excluding hydrogens is 232 g/mol. The lowest BCUT2D eigenvalue weighted by Crippen LogP contribution is -2.20. The van der Waals surface area contributed by atoms with Gasteiger partial charge in [-0.1, -0.05) is 51.0 Å². The Labute approximate surface area is 116 Å². The highest BCUT2D eigenvalue weighted by molar-refractivity contribution is 5.78. The summed E-state index contributed by atoms with van der Waals surface area (Å²) in [6, 6.07) is 13.0. The fourth-order valence-electron chi connectivity index (χ4n) is 2.68. The largest absolute Gasteiger partial charge is 0.312 e. The van der Waals surface area contributed by atoms with E-state index in [1.165, 1.54) is 18.2 Å². The summed E-state index contributed by atoms with van der Waals surface area (Å²) >= 11 is 0. The number of fused-ring (bicyclic) bond motifs is 1. The molecule has 0 aliphatic heterocycles. The molecular formula is C17H24N2. The molecule has 0 saturated heterocycles. The highest BCUT2D eigenvalue weighted by atomic mass is 14.9. The quantitative estimate of drug-likeness (QED) is 0.832. The standard InChI is InChI=1S/C17H24N2/c1-4-7-13(2)12-17(18-3)16-11-10-14-8-5-6-9-15(14)19-16/h5-6,8-11,13,17-18H,4,7,12H2,1-3H3. The number of nitrogens with one attached hydrogen (secondary N) is 1. The maximum atomic E-state index is 4.80. The predicted molar refractivity (Wildman–Crippen MR) is 82.2 cm³/mol. The van der Waals surface area contributed by atoms with Crippen molar-refractivity contribution >= 4 is 10.9 Å². The molecule has 1 aromatic carbocycles. The normalized spacial score (nSPS) is 14.5. The van der Waals surface area contributed by atoms with Crippen LogP contribution >= 0.6 is 0 Å². The molecule has 2 nitrogen and oxygen atoms in total. The molecule has 0 bridgehead atoms. The molecule has 1 heterocycles. The molecule has 1 aromatic heterocycles. The van der Waals surface area contributed by atoms with Crippen LogP contribution in [0.4, 0.5) is 0 Å². The Balaban J connectivity index is 2.20. The first kappa shape index (κ1) is 14.0. The average Bonchev–Trinajstić information content (AvgIpc) is 2.44. The number of aromatic nitrogens is 1. The summed E-state index contributed by atoms with van der Waals surface area (Å²) in [6.07, 6.45) is 3.68. The van der Waals surface area contributed by atoms with Gasteiger partial charge in [0.1, 0.15) is 0 Å². The van der Waals surface area contributed by atoms with Crippen LogP contribution in [-0.4, -0.2) is 12.0 Å². The van der Waals surface area contributed by atoms with Gasteiger partial charge in [-0.15, -0.1) is 0 Å². The molecule has 2 unspecified atom stereocenters. The van der Waals surface area contributed by atoms with Crippen molar-refractivity contribution in [3.8, 4) is 0 Å². The fourth-order valence-corrected chi connectivity index (χ4v) is 2.68. The Bertz CT molecular complexity index is 521. The number of rotatable bonds is 6. The SMILES string of the molecule is CCCC(C)CC(NC)c1ccc2ccccc2n1. The van der Waals surface area contributed by atoms with Crippen molar-refractivity contribution in [3.63, 3.8) is 0 Å². The molecule has 19 heavy (non-hydrogen) atoms. The Kier molecular flexibility index (Phi) is 4.92. The van der Waals surface area contributed by atoms with E-state index in [0.29, 0.717) is 6.04 Å². The van der Waals surface area contributed by atoms with Gasteiger partial charge in [0, 0.05) is 11.4 Å². The van der Waals surface area contributed by atoms with Gasteiger partial charge >= 0.3 is 0 Å².